The summed E-state index contributed by atoms with van der Waals surface area (Å²) in [6, 6.07) is 2.03. The standard InChI is InChI=1S/C16H25N5O2/c1-23-7-6-21-11-12(9-15(21)22)8-13-10-14(19-16(17)18-13)20-4-2-3-5-20/h10,12H,2-9,11H2,1H3,(H2,17,18,19)/t12-/m1/s1. The van der Waals surface area contributed by atoms with Gasteiger partial charge in [0.2, 0.25) is 11.9 Å². The summed E-state index contributed by atoms with van der Waals surface area (Å²) in [6.45, 7) is 4.07. The van der Waals surface area contributed by atoms with Gasteiger partial charge in [0.25, 0.3) is 0 Å². The van der Waals surface area contributed by atoms with E-state index in [1.807, 2.05) is 11.0 Å². The molecule has 2 saturated heterocycles. The zero-order valence-electron chi connectivity index (χ0n) is 13.7. The van der Waals surface area contributed by atoms with Crippen molar-refractivity contribution in [1.82, 2.24) is 14.9 Å². The summed E-state index contributed by atoms with van der Waals surface area (Å²) in [4.78, 5) is 24.9. The zero-order valence-corrected chi connectivity index (χ0v) is 13.7. The Morgan fingerprint density at radius 1 is 1.35 bits per heavy atom. The highest BCUT2D eigenvalue weighted by atomic mass is 16.5. The number of carbonyl (C=O) groups excluding carboxylic acids is 1. The second-order valence-corrected chi connectivity index (χ2v) is 6.38. The first kappa shape index (κ1) is 16.0. The molecule has 1 atom stereocenters. The highest BCUT2D eigenvalue weighted by molar-refractivity contribution is 5.78. The van der Waals surface area contributed by atoms with Gasteiger partial charge in [-0.1, -0.05) is 0 Å². The van der Waals surface area contributed by atoms with Crippen LogP contribution in [0.3, 0.4) is 0 Å². The lowest BCUT2D eigenvalue weighted by Gasteiger charge is -2.18. The average molecular weight is 319 g/mol. The van der Waals surface area contributed by atoms with E-state index in [1.165, 1.54) is 12.8 Å². The molecule has 0 aromatic carbocycles. The van der Waals surface area contributed by atoms with Gasteiger partial charge in [-0.2, -0.15) is 4.98 Å². The molecule has 23 heavy (non-hydrogen) atoms. The number of carbonyl (C=O) groups is 1. The number of aromatic nitrogens is 2. The van der Waals surface area contributed by atoms with Crippen LogP contribution in [-0.4, -0.2) is 60.7 Å². The molecular formula is C16H25N5O2. The molecule has 0 radical (unpaired) electrons. The Labute approximate surface area is 136 Å². The quantitative estimate of drug-likeness (QED) is 0.831. The van der Waals surface area contributed by atoms with Crippen molar-refractivity contribution in [2.75, 3.05) is 50.5 Å². The number of nitrogens with two attached hydrogens (primary N) is 1. The van der Waals surface area contributed by atoms with Crippen molar-refractivity contribution in [2.24, 2.45) is 5.92 Å². The fraction of sp³-hybridized carbons (Fsp3) is 0.688. The molecule has 3 heterocycles. The van der Waals surface area contributed by atoms with Crippen LogP contribution < -0.4 is 10.6 Å². The number of methoxy groups -OCH3 is 1. The largest absolute Gasteiger partial charge is 0.383 e. The first-order valence-electron chi connectivity index (χ1n) is 8.31. The number of ether oxygens (including phenoxy) is 1. The van der Waals surface area contributed by atoms with Gasteiger partial charge in [-0.15, -0.1) is 0 Å². The van der Waals surface area contributed by atoms with Crippen molar-refractivity contribution >= 4 is 17.7 Å². The minimum absolute atomic E-state index is 0.203. The maximum atomic E-state index is 12.0. The molecule has 1 amide bonds. The molecule has 2 N–H and O–H groups in total. The fourth-order valence-corrected chi connectivity index (χ4v) is 3.42. The number of likely N-dealkylation sites (tertiary alicyclic amines) is 1. The van der Waals surface area contributed by atoms with Crippen molar-refractivity contribution in [2.45, 2.75) is 25.7 Å². The average Bonchev–Trinajstić information content (AvgIpc) is 3.15. The molecule has 2 fully saturated rings. The number of rotatable bonds is 6. The van der Waals surface area contributed by atoms with Crippen molar-refractivity contribution in [3.8, 4) is 0 Å². The molecule has 126 valence electrons. The summed E-state index contributed by atoms with van der Waals surface area (Å²) in [7, 11) is 1.65. The van der Waals surface area contributed by atoms with Crippen LogP contribution in [-0.2, 0) is 16.0 Å². The van der Waals surface area contributed by atoms with E-state index < -0.39 is 0 Å². The summed E-state index contributed by atoms with van der Waals surface area (Å²) in [5.41, 5.74) is 6.81. The third-order valence-corrected chi connectivity index (χ3v) is 4.57. The third kappa shape index (κ3) is 3.90. The molecule has 0 aliphatic carbocycles. The van der Waals surface area contributed by atoms with E-state index in [1.54, 1.807) is 7.11 Å². The Morgan fingerprint density at radius 2 is 2.13 bits per heavy atom. The highest BCUT2D eigenvalue weighted by Gasteiger charge is 2.29. The SMILES string of the molecule is COCCN1C[C@H](Cc2cc(N3CCCC3)nc(N)n2)CC1=O. The van der Waals surface area contributed by atoms with Gasteiger partial charge in [0.1, 0.15) is 5.82 Å². The monoisotopic (exact) mass is 319 g/mol. The van der Waals surface area contributed by atoms with E-state index in [4.69, 9.17) is 10.5 Å². The topological polar surface area (TPSA) is 84.6 Å². The molecule has 7 nitrogen and oxygen atoms in total. The molecule has 2 aliphatic rings. The summed E-state index contributed by atoms with van der Waals surface area (Å²) in [5, 5.41) is 0. The minimum Gasteiger partial charge on any atom is -0.383 e. The second-order valence-electron chi connectivity index (χ2n) is 6.38. The zero-order chi connectivity index (χ0) is 16.2. The van der Waals surface area contributed by atoms with Gasteiger partial charge in [0.15, 0.2) is 0 Å². The first-order chi connectivity index (χ1) is 11.2. The van der Waals surface area contributed by atoms with Crippen LogP contribution in [0.5, 0.6) is 0 Å². The molecule has 7 heteroatoms. The van der Waals surface area contributed by atoms with Gasteiger partial charge in [0, 0.05) is 51.5 Å². The van der Waals surface area contributed by atoms with Crippen LogP contribution in [0, 0.1) is 5.92 Å². The van der Waals surface area contributed by atoms with Gasteiger partial charge in [-0.25, -0.2) is 4.98 Å². The Hall–Kier alpha value is -1.89. The van der Waals surface area contributed by atoms with Crippen LogP contribution in [0.4, 0.5) is 11.8 Å². The number of nitrogens with zero attached hydrogens (tertiary/aromatic N) is 4. The second kappa shape index (κ2) is 7.12. The van der Waals surface area contributed by atoms with Crippen molar-refractivity contribution in [3.05, 3.63) is 11.8 Å². The minimum atomic E-state index is 0.203. The maximum Gasteiger partial charge on any atom is 0.223 e. The molecule has 0 saturated carbocycles. The maximum absolute atomic E-state index is 12.0. The molecule has 0 unspecified atom stereocenters. The van der Waals surface area contributed by atoms with E-state index in [-0.39, 0.29) is 5.91 Å². The van der Waals surface area contributed by atoms with Crippen molar-refractivity contribution in [3.63, 3.8) is 0 Å². The predicted octanol–water partition coefficient (Wildman–Crippen LogP) is 0.696. The van der Waals surface area contributed by atoms with E-state index in [9.17, 15) is 4.79 Å². The van der Waals surface area contributed by atoms with Gasteiger partial charge < -0.3 is 20.3 Å². The van der Waals surface area contributed by atoms with Crippen molar-refractivity contribution in [1.29, 1.82) is 0 Å². The molecule has 0 bridgehead atoms. The lowest BCUT2D eigenvalue weighted by atomic mass is 10.0. The molecule has 3 rings (SSSR count). The lowest BCUT2D eigenvalue weighted by Crippen LogP contribution is -2.29. The van der Waals surface area contributed by atoms with E-state index in [0.29, 0.717) is 31.4 Å². The van der Waals surface area contributed by atoms with E-state index >= 15 is 0 Å². The number of amides is 1. The van der Waals surface area contributed by atoms with E-state index in [2.05, 4.69) is 14.9 Å². The number of anilines is 2. The molecule has 1 aromatic heterocycles. The normalized spacial score (nSPS) is 21.4. The van der Waals surface area contributed by atoms with Gasteiger partial charge in [0.05, 0.1) is 6.61 Å². The lowest BCUT2D eigenvalue weighted by molar-refractivity contribution is -0.128. The Kier molecular flexibility index (Phi) is 4.95. The van der Waals surface area contributed by atoms with Crippen LogP contribution in [0.1, 0.15) is 25.0 Å². The fourth-order valence-electron chi connectivity index (χ4n) is 3.42. The van der Waals surface area contributed by atoms with Crippen LogP contribution in [0.15, 0.2) is 6.07 Å². The van der Waals surface area contributed by atoms with Gasteiger partial charge in [-0.05, 0) is 25.2 Å². The highest BCUT2D eigenvalue weighted by Crippen LogP contribution is 2.24. The molecular weight excluding hydrogens is 294 g/mol. The van der Waals surface area contributed by atoms with E-state index in [0.717, 1.165) is 37.6 Å². The van der Waals surface area contributed by atoms with Crippen molar-refractivity contribution < 1.29 is 9.53 Å². The van der Waals surface area contributed by atoms with Crippen LogP contribution in [0.25, 0.3) is 0 Å². The summed E-state index contributed by atoms with van der Waals surface area (Å²) < 4.78 is 5.06. The summed E-state index contributed by atoms with van der Waals surface area (Å²) in [5.74, 6) is 1.74. The summed E-state index contributed by atoms with van der Waals surface area (Å²) in [6.07, 6.45) is 3.74. The summed E-state index contributed by atoms with van der Waals surface area (Å²) >= 11 is 0. The smallest absolute Gasteiger partial charge is 0.223 e. The van der Waals surface area contributed by atoms with Gasteiger partial charge in [-0.3, -0.25) is 4.79 Å². The predicted molar refractivity (Wildman–Crippen MR) is 88.2 cm³/mol. The number of nitrogen functional groups attached to an aromatic ring is 1. The van der Waals surface area contributed by atoms with Gasteiger partial charge >= 0.3 is 0 Å². The number of hydrogen-bond acceptors (Lipinski definition) is 6. The first-order valence-corrected chi connectivity index (χ1v) is 8.31. The molecule has 0 spiro atoms. The Bertz CT molecular complexity index is 559. The van der Waals surface area contributed by atoms with Crippen LogP contribution >= 0.6 is 0 Å². The molecule has 1 aromatic rings. The third-order valence-electron chi connectivity index (χ3n) is 4.57. The Balaban J connectivity index is 1.65. The number of hydrogen-bond donors (Lipinski definition) is 1. The molecule has 2 aliphatic heterocycles. The van der Waals surface area contributed by atoms with Crippen LogP contribution in [0.2, 0.25) is 0 Å². The Morgan fingerprint density at radius 3 is 2.87 bits per heavy atom.